The Morgan fingerprint density at radius 2 is 0.516 bits per heavy atom. The molecular weight excluding hydrogens is 773 g/mol. The number of ketones is 3. The molecule has 0 spiro atoms. The van der Waals surface area contributed by atoms with E-state index in [2.05, 4.69) is 5.32 Å². The number of hydrogen-bond donors (Lipinski definition) is 1. The lowest BCUT2D eigenvalue weighted by Gasteiger charge is -2.21. The Kier molecular flexibility index (Phi) is 21.4. The third-order valence-corrected chi connectivity index (χ3v) is 8.77. The van der Waals surface area contributed by atoms with Crippen LogP contribution in [0.4, 0.5) is 8.78 Å². The predicted octanol–water partition coefficient (Wildman–Crippen LogP) is 13.0. The second-order valence-corrected chi connectivity index (χ2v) is 13.8. The molecule has 0 aliphatic carbocycles. The molecule has 0 bridgehead atoms. The molecule has 62 heavy (non-hydrogen) atoms. The molecule has 0 atom stereocenters. The molecule has 0 radical (unpaired) electrons. The van der Waals surface area contributed by atoms with E-state index in [0.717, 1.165) is 33.4 Å². The second kappa shape index (κ2) is 28.1. The molecule has 0 saturated carbocycles. The zero-order chi connectivity index (χ0) is 43.9. The monoisotopic (exact) mass is 823 g/mol. The summed E-state index contributed by atoms with van der Waals surface area (Å²) >= 11 is 0. The minimum atomic E-state index is -2.38. The normalized spacial score (nSPS) is 13.3. The van der Waals surface area contributed by atoms with Crippen molar-refractivity contribution in [2.75, 3.05) is 13.1 Å². The van der Waals surface area contributed by atoms with Crippen LogP contribution in [0.25, 0.3) is 36.5 Å². The van der Waals surface area contributed by atoms with Gasteiger partial charge in [0, 0.05) is 25.9 Å². The lowest BCUT2D eigenvalue weighted by molar-refractivity contribution is -0.111. The SMILES string of the molecule is FC1(F)CCNCC1.O=C(C=Cc1ccccc1)C=Cc1ccccc1.O=C(C=Cc1ccccc1)C=Cc1ccccc1.O=C(C=Cc1ccccc1)C=Cc1ccccc1. The first-order chi connectivity index (χ1) is 30.2. The molecule has 1 aliphatic rings. The van der Waals surface area contributed by atoms with Gasteiger partial charge in [-0.3, -0.25) is 14.4 Å². The van der Waals surface area contributed by atoms with Crippen molar-refractivity contribution >= 4 is 53.8 Å². The topological polar surface area (TPSA) is 63.2 Å². The van der Waals surface area contributed by atoms with Gasteiger partial charge in [0.25, 0.3) is 5.92 Å². The Hall–Kier alpha value is -7.41. The van der Waals surface area contributed by atoms with Crippen molar-refractivity contribution in [1.29, 1.82) is 0 Å². The van der Waals surface area contributed by atoms with Crippen LogP contribution in [-0.4, -0.2) is 36.4 Å². The summed E-state index contributed by atoms with van der Waals surface area (Å²) in [6.07, 6.45) is 20.4. The van der Waals surface area contributed by atoms with Gasteiger partial charge in [0.05, 0.1) is 0 Å². The number of hydrogen-bond acceptors (Lipinski definition) is 4. The summed E-state index contributed by atoms with van der Waals surface area (Å²) in [6, 6.07) is 58.7. The summed E-state index contributed by atoms with van der Waals surface area (Å²) in [5, 5.41) is 2.86. The summed E-state index contributed by atoms with van der Waals surface area (Å²) in [6.45, 7) is 0.931. The van der Waals surface area contributed by atoms with Gasteiger partial charge >= 0.3 is 0 Å². The Morgan fingerprint density at radius 1 is 0.339 bits per heavy atom. The number of halogens is 2. The number of nitrogens with one attached hydrogen (secondary N) is 1. The van der Waals surface area contributed by atoms with Crippen molar-refractivity contribution in [1.82, 2.24) is 5.32 Å². The van der Waals surface area contributed by atoms with Gasteiger partial charge in [-0.05, 0) is 69.8 Å². The van der Waals surface area contributed by atoms with E-state index in [9.17, 15) is 23.2 Å². The molecule has 1 heterocycles. The molecule has 6 aromatic carbocycles. The highest BCUT2D eigenvalue weighted by Gasteiger charge is 2.30. The third-order valence-electron chi connectivity index (χ3n) is 8.77. The van der Waals surface area contributed by atoms with Crippen molar-refractivity contribution in [2.45, 2.75) is 18.8 Å². The zero-order valence-electron chi connectivity index (χ0n) is 34.6. The minimum Gasteiger partial charge on any atom is -0.316 e. The Morgan fingerprint density at radius 3 is 0.661 bits per heavy atom. The largest absolute Gasteiger partial charge is 0.316 e. The Labute approximate surface area is 364 Å². The van der Waals surface area contributed by atoms with Gasteiger partial charge in [-0.2, -0.15) is 0 Å². The molecular formula is C56H51F2NO3. The molecule has 0 amide bonds. The molecule has 7 rings (SSSR count). The fraction of sp³-hybridized carbons (Fsp3) is 0.0893. The third kappa shape index (κ3) is 21.6. The van der Waals surface area contributed by atoms with Crippen molar-refractivity contribution < 1.29 is 23.2 Å². The maximum atomic E-state index is 12.2. The second-order valence-electron chi connectivity index (χ2n) is 13.8. The van der Waals surface area contributed by atoms with E-state index >= 15 is 0 Å². The smallest absolute Gasteiger partial charge is 0.250 e. The molecule has 6 aromatic rings. The maximum Gasteiger partial charge on any atom is 0.250 e. The Balaban J connectivity index is 0.000000188. The van der Waals surface area contributed by atoms with E-state index < -0.39 is 5.92 Å². The fourth-order valence-corrected chi connectivity index (χ4v) is 5.41. The number of carbonyl (C=O) groups excluding carboxylic acids is 3. The quantitative estimate of drug-likeness (QED) is 0.125. The first-order valence-electron chi connectivity index (χ1n) is 20.3. The highest BCUT2D eigenvalue weighted by Crippen LogP contribution is 2.23. The summed E-state index contributed by atoms with van der Waals surface area (Å²) in [7, 11) is 0. The van der Waals surface area contributed by atoms with Crippen LogP contribution in [0.3, 0.4) is 0 Å². The molecule has 4 nitrogen and oxygen atoms in total. The van der Waals surface area contributed by atoms with E-state index in [4.69, 9.17) is 0 Å². The van der Waals surface area contributed by atoms with Gasteiger partial charge in [0.2, 0.25) is 0 Å². The van der Waals surface area contributed by atoms with Crippen LogP contribution in [0.1, 0.15) is 46.2 Å². The van der Waals surface area contributed by atoms with Crippen molar-refractivity contribution in [3.05, 3.63) is 252 Å². The number of carbonyl (C=O) groups is 3. The molecule has 1 N–H and O–H groups in total. The lowest BCUT2D eigenvalue weighted by atomic mass is 10.1. The highest BCUT2D eigenvalue weighted by molar-refractivity contribution is 6.05. The van der Waals surface area contributed by atoms with Crippen LogP contribution >= 0.6 is 0 Å². The number of alkyl halides is 2. The summed E-state index contributed by atoms with van der Waals surface area (Å²) < 4.78 is 24.3. The van der Waals surface area contributed by atoms with Gasteiger partial charge < -0.3 is 5.32 Å². The molecule has 1 fully saturated rings. The van der Waals surface area contributed by atoms with Gasteiger partial charge in [-0.1, -0.05) is 218 Å². The predicted molar refractivity (Wildman–Crippen MR) is 255 cm³/mol. The number of rotatable bonds is 12. The fourth-order valence-electron chi connectivity index (χ4n) is 5.41. The Bertz CT molecular complexity index is 1950. The van der Waals surface area contributed by atoms with Gasteiger partial charge in [0.1, 0.15) is 0 Å². The van der Waals surface area contributed by atoms with Crippen molar-refractivity contribution in [3.8, 4) is 0 Å². The molecule has 1 saturated heterocycles. The number of piperidine rings is 1. The number of allylic oxidation sites excluding steroid dienone is 6. The highest BCUT2D eigenvalue weighted by atomic mass is 19.3. The van der Waals surface area contributed by atoms with Crippen molar-refractivity contribution in [3.63, 3.8) is 0 Å². The molecule has 0 unspecified atom stereocenters. The van der Waals surface area contributed by atoms with Crippen LogP contribution in [0.2, 0.25) is 0 Å². The summed E-state index contributed by atoms with van der Waals surface area (Å²) in [5.74, 6) is -2.42. The van der Waals surface area contributed by atoms with Crippen molar-refractivity contribution in [2.24, 2.45) is 0 Å². The molecule has 312 valence electrons. The summed E-state index contributed by atoms with van der Waals surface area (Å²) in [4.78, 5) is 34.8. The maximum absolute atomic E-state index is 12.2. The number of benzene rings is 6. The van der Waals surface area contributed by atoms with E-state index in [1.807, 2.05) is 218 Å². The molecule has 0 aromatic heterocycles. The van der Waals surface area contributed by atoms with E-state index in [0.29, 0.717) is 13.1 Å². The van der Waals surface area contributed by atoms with E-state index in [1.54, 1.807) is 36.5 Å². The first kappa shape index (κ1) is 47.3. The zero-order valence-corrected chi connectivity index (χ0v) is 34.6. The van der Waals surface area contributed by atoms with Gasteiger partial charge in [-0.15, -0.1) is 0 Å². The standard InChI is InChI=1S/3C17H14O.C5H9F2N/c3*18-17(13-11-15-7-3-1-4-8-15)14-12-16-9-5-2-6-10-16;6-5(7)1-3-8-4-2-5/h3*1-14H;8H,1-4H2. The average Bonchev–Trinajstić information content (AvgIpc) is 3.32. The minimum absolute atomic E-state index is 0.00694. The molecule has 1 aliphatic heterocycles. The van der Waals surface area contributed by atoms with Crippen LogP contribution < -0.4 is 5.32 Å². The van der Waals surface area contributed by atoms with Crippen LogP contribution in [-0.2, 0) is 14.4 Å². The van der Waals surface area contributed by atoms with Crippen LogP contribution in [0, 0.1) is 0 Å². The van der Waals surface area contributed by atoms with Crippen LogP contribution in [0.5, 0.6) is 0 Å². The van der Waals surface area contributed by atoms with E-state index in [1.165, 1.54) is 0 Å². The summed E-state index contributed by atoms with van der Waals surface area (Å²) in [5.41, 5.74) is 6.16. The van der Waals surface area contributed by atoms with E-state index in [-0.39, 0.29) is 30.2 Å². The van der Waals surface area contributed by atoms with Crippen LogP contribution in [0.15, 0.2) is 218 Å². The first-order valence-corrected chi connectivity index (χ1v) is 20.3. The van der Waals surface area contributed by atoms with Gasteiger partial charge in [0.15, 0.2) is 17.3 Å². The molecule has 6 heteroatoms. The average molecular weight is 824 g/mol. The van der Waals surface area contributed by atoms with Gasteiger partial charge in [-0.25, -0.2) is 8.78 Å². The lowest BCUT2D eigenvalue weighted by Crippen LogP contribution is -2.35.